The van der Waals surface area contributed by atoms with Crippen LogP contribution in [0.15, 0.2) is 409 Å². The van der Waals surface area contributed by atoms with Crippen LogP contribution in [0.1, 0.15) is 0 Å². The highest BCUT2D eigenvalue weighted by atomic mass is 79.9. The first-order chi connectivity index (χ1) is 58.9. The lowest BCUT2D eigenvalue weighted by atomic mass is 10.0. The lowest BCUT2D eigenvalue weighted by Gasteiger charge is -2.11. The zero-order valence-corrected chi connectivity index (χ0v) is 72.3. The summed E-state index contributed by atoms with van der Waals surface area (Å²) in [6, 6.07) is 128. The standard InChI is InChI=1S/C25H16BrN3.C24H14BrFN2.C24H15BrN2.C16H9BrO.C16H9BrS/c26-22-16-8-13-19-20(22)14-7-15-21(19)25-28-23(17-9-3-1-4-10-17)27-24(29-25)18-11-5-2-6-12-18;25-21-14-13-19(17-5-1-2-6-18(17)21)24-27-22-8-4-3-7-20(22)23(28-24)15-9-11-16(26)12-10-15;25-21-14-7-11-17-18(21)12-6-13-19(17)24-26-22-15-5-4-10-20(22)23(27-24)16-8-2-1-3-9-16;2*17-12-5-6-15-14(9-12)13-7-10-3-1-2-4-11(10)8-16(13)18-15/h1-16H;1-14H;1-15H;2*1-9H. The van der Waals surface area contributed by atoms with Crippen LogP contribution in [0.25, 0.3) is 197 Å². The Labute approximate surface area is 735 Å². The third kappa shape index (κ3) is 16.0. The van der Waals surface area contributed by atoms with Gasteiger partial charge >= 0.3 is 0 Å². The van der Waals surface area contributed by atoms with Gasteiger partial charge in [0.2, 0.25) is 0 Å². The Hall–Kier alpha value is -12.7. The van der Waals surface area contributed by atoms with Crippen molar-refractivity contribution in [1.82, 2.24) is 34.9 Å². The lowest BCUT2D eigenvalue weighted by Crippen LogP contribution is -2.00. The molecule has 8 nitrogen and oxygen atoms in total. The maximum Gasteiger partial charge on any atom is 0.164 e. The lowest BCUT2D eigenvalue weighted by molar-refractivity contribution is 0.628. The van der Waals surface area contributed by atoms with Gasteiger partial charge in [0.05, 0.1) is 22.4 Å². The van der Waals surface area contributed by atoms with Crippen molar-refractivity contribution in [3.05, 3.63) is 410 Å². The molecule has 0 atom stereocenters. The molecule has 0 N–H and O–H groups in total. The fourth-order valence-corrected chi connectivity index (χ4v) is 18.5. The van der Waals surface area contributed by atoms with Crippen LogP contribution in [0.5, 0.6) is 0 Å². The molecule has 5 aromatic heterocycles. The van der Waals surface area contributed by atoms with Crippen LogP contribution >= 0.6 is 91.0 Å². The molecule has 0 aliphatic rings. The molecule has 572 valence electrons. The van der Waals surface area contributed by atoms with Gasteiger partial charge in [-0.1, -0.05) is 341 Å². The van der Waals surface area contributed by atoms with Gasteiger partial charge in [-0.2, -0.15) is 0 Å². The fourth-order valence-electron chi connectivity index (χ4n) is 15.2. The number of para-hydroxylation sites is 2. The number of aromatic nitrogens is 7. The highest BCUT2D eigenvalue weighted by Gasteiger charge is 2.20. The summed E-state index contributed by atoms with van der Waals surface area (Å²) in [5, 5.41) is 18.8. The summed E-state index contributed by atoms with van der Waals surface area (Å²) in [4.78, 5) is 34.1. The largest absolute Gasteiger partial charge is 0.456 e. The summed E-state index contributed by atoms with van der Waals surface area (Å²) < 4.78 is 27.4. The van der Waals surface area contributed by atoms with E-state index < -0.39 is 0 Å². The third-order valence-corrected chi connectivity index (χ3v) is 25.2. The Bertz CT molecular complexity index is 7630. The van der Waals surface area contributed by atoms with E-state index in [1.54, 1.807) is 12.1 Å². The quantitative estimate of drug-likeness (QED) is 0.155. The first kappa shape index (κ1) is 77.2. The topological polar surface area (TPSA) is 103 Å². The average molecular weight is 1890 g/mol. The normalized spacial score (nSPS) is 11.2. The van der Waals surface area contributed by atoms with Crippen LogP contribution in [0.3, 0.4) is 0 Å². The van der Waals surface area contributed by atoms with Gasteiger partial charge < -0.3 is 4.42 Å². The van der Waals surface area contributed by atoms with Crippen LogP contribution < -0.4 is 0 Å². The Kier molecular flexibility index (Phi) is 22.1. The molecule has 0 fully saturated rings. The first-order valence-corrected chi connectivity index (χ1v) is 43.5. The van der Waals surface area contributed by atoms with E-state index in [1.165, 1.54) is 59.2 Å². The van der Waals surface area contributed by atoms with Crippen molar-refractivity contribution in [2.75, 3.05) is 0 Å². The number of hydrogen-bond donors (Lipinski definition) is 0. The van der Waals surface area contributed by atoms with E-state index in [2.05, 4.69) is 256 Å². The van der Waals surface area contributed by atoms with Gasteiger partial charge in [0, 0.05) is 103 Å². The van der Waals surface area contributed by atoms with E-state index in [-0.39, 0.29) is 5.82 Å². The Morgan fingerprint density at radius 3 is 1.15 bits per heavy atom. The van der Waals surface area contributed by atoms with Gasteiger partial charge in [-0.3, -0.25) is 0 Å². The second-order valence-electron chi connectivity index (χ2n) is 28.5. The Morgan fingerprint density at radius 1 is 0.225 bits per heavy atom. The zero-order chi connectivity index (χ0) is 81.2. The van der Waals surface area contributed by atoms with Crippen molar-refractivity contribution in [2.45, 2.75) is 0 Å². The minimum absolute atomic E-state index is 0.263. The van der Waals surface area contributed by atoms with Gasteiger partial charge in [0.15, 0.2) is 29.1 Å². The molecule has 0 aliphatic heterocycles. The van der Waals surface area contributed by atoms with E-state index in [4.69, 9.17) is 39.3 Å². The first-order valence-electron chi connectivity index (χ1n) is 38.7. The van der Waals surface area contributed by atoms with Crippen LogP contribution in [0.4, 0.5) is 4.39 Å². The molecule has 0 aliphatic carbocycles. The second kappa shape index (κ2) is 34.3. The van der Waals surface area contributed by atoms with E-state index >= 15 is 0 Å². The molecular weight excluding hydrogens is 1830 g/mol. The number of rotatable bonds is 7. The number of benzene rings is 18. The predicted octanol–water partition coefficient (Wildman–Crippen LogP) is 32.2. The molecular formula is C105H63Br5FN7OS. The molecule has 0 amide bonds. The van der Waals surface area contributed by atoms with Crippen molar-refractivity contribution in [2.24, 2.45) is 0 Å². The van der Waals surface area contributed by atoms with Crippen molar-refractivity contribution in [3.8, 4) is 79.5 Å². The molecule has 120 heavy (non-hydrogen) atoms. The highest BCUT2D eigenvalue weighted by Crippen LogP contribution is 2.42. The summed E-state index contributed by atoms with van der Waals surface area (Å²) in [5.74, 6) is 3.14. The van der Waals surface area contributed by atoms with Crippen LogP contribution in [-0.2, 0) is 0 Å². The van der Waals surface area contributed by atoms with Crippen molar-refractivity contribution >= 4 is 209 Å². The van der Waals surface area contributed by atoms with E-state index in [0.717, 1.165) is 149 Å². The summed E-state index contributed by atoms with van der Waals surface area (Å²) in [6.07, 6.45) is 0. The number of furan rings is 1. The zero-order valence-electron chi connectivity index (χ0n) is 63.6. The smallest absolute Gasteiger partial charge is 0.164 e. The maximum absolute atomic E-state index is 13.4. The minimum atomic E-state index is -0.263. The molecule has 0 saturated heterocycles. The Morgan fingerprint density at radius 2 is 0.600 bits per heavy atom. The Balaban J connectivity index is 0.000000100. The van der Waals surface area contributed by atoms with Crippen LogP contribution in [0, 0.1) is 5.82 Å². The molecule has 0 spiro atoms. The molecule has 15 heteroatoms. The fraction of sp³-hybridized carbons (Fsp3) is 0. The SMILES string of the molecule is Brc1ccc2oc3cc4ccccc4cc3c2c1.Brc1ccc2sc3cc4ccccc4cc3c2c1.Brc1cccc2c(-c3nc(-c4ccccc4)c4ccccc4n3)cccc12.Brc1cccc2c(-c3nc(-c4ccccc4)nc(-c4ccccc4)n3)cccc12.Fc1ccc(-c2nc(-c3ccc(Br)c4ccccc34)nc3ccccc23)cc1. The number of fused-ring (bicyclic) bond motifs is 13. The average Bonchev–Trinajstić information content (AvgIpc) is 1.17. The maximum atomic E-state index is 13.4. The van der Waals surface area contributed by atoms with E-state index in [0.29, 0.717) is 23.3 Å². The molecule has 0 radical (unpaired) electrons. The molecule has 0 unspecified atom stereocenters. The van der Waals surface area contributed by atoms with Gasteiger partial charge in [0.1, 0.15) is 17.0 Å². The van der Waals surface area contributed by atoms with Crippen LogP contribution in [-0.4, -0.2) is 34.9 Å². The van der Waals surface area contributed by atoms with E-state index in [1.807, 2.05) is 193 Å². The molecule has 5 heterocycles. The van der Waals surface area contributed by atoms with Gasteiger partial charge in [0.25, 0.3) is 0 Å². The molecule has 0 saturated carbocycles. The van der Waals surface area contributed by atoms with Crippen LogP contribution in [0.2, 0.25) is 0 Å². The number of thiophene rings is 1. The monoisotopic (exact) mass is 1880 g/mol. The number of nitrogens with zero attached hydrogens (tertiary/aromatic N) is 7. The van der Waals surface area contributed by atoms with Gasteiger partial charge in [-0.25, -0.2) is 39.3 Å². The third-order valence-electron chi connectivity index (χ3n) is 21.0. The number of halogens is 6. The molecule has 18 aromatic carbocycles. The summed E-state index contributed by atoms with van der Waals surface area (Å²) in [5.41, 5.74) is 12.3. The summed E-state index contributed by atoms with van der Waals surface area (Å²) >= 11 is 19.9. The predicted molar refractivity (Wildman–Crippen MR) is 516 cm³/mol. The van der Waals surface area contributed by atoms with Crippen molar-refractivity contribution in [1.29, 1.82) is 0 Å². The van der Waals surface area contributed by atoms with E-state index in [9.17, 15) is 4.39 Å². The van der Waals surface area contributed by atoms with Gasteiger partial charge in [-0.15, -0.1) is 11.3 Å². The van der Waals surface area contributed by atoms with Crippen molar-refractivity contribution in [3.63, 3.8) is 0 Å². The second-order valence-corrected chi connectivity index (χ2v) is 34.0. The molecule has 0 bridgehead atoms. The minimum Gasteiger partial charge on any atom is -0.456 e. The molecule has 23 aromatic rings. The highest BCUT2D eigenvalue weighted by molar-refractivity contribution is 9.11. The summed E-state index contributed by atoms with van der Waals surface area (Å²) in [6.45, 7) is 0. The molecule has 23 rings (SSSR count). The number of hydrogen-bond acceptors (Lipinski definition) is 9. The summed E-state index contributed by atoms with van der Waals surface area (Å²) in [7, 11) is 0. The van der Waals surface area contributed by atoms with Crippen molar-refractivity contribution < 1.29 is 8.81 Å². The van der Waals surface area contributed by atoms with Gasteiger partial charge in [-0.05, 0) is 175 Å².